The van der Waals surface area contributed by atoms with Crippen molar-refractivity contribution >= 4 is 34.2 Å². The van der Waals surface area contributed by atoms with Crippen molar-refractivity contribution in [2.75, 3.05) is 5.32 Å². The number of aliphatic carboxylic acids is 1. The number of hydrogen-bond acceptors (Lipinski definition) is 2. The lowest BCUT2D eigenvalue weighted by Crippen LogP contribution is -2.42. The maximum Gasteiger partial charge on any atom is 0.326 e. The van der Waals surface area contributed by atoms with Crippen molar-refractivity contribution in [3.8, 4) is 0 Å². The van der Waals surface area contributed by atoms with Gasteiger partial charge in [-0.05, 0) is 40.6 Å². The van der Waals surface area contributed by atoms with E-state index in [-0.39, 0.29) is 11.8 Å². The molecule has 0 bridgehead atoms. The summed E-state index contributed by atoms with van der Waals surface area (Å²) < 4.78 is 1.09. The Kier molecular flexibility index (Phi) is 2.61. The van der Waals surface area contributed by atoms with Gasteiger partial charge in [-0.3, -0.25) is 0 Å². The molecule has 0 radical (unpaired) electrons. The minimum Gasteiger partial charge on any atom is -0.480 e. The topological polar surface area (TPSA) is 49.3 Å². The van der Waals surface area contributed by atoms with E-state index in [4.69, 9.17) is 0 Å². The predicted octanol–water partition coefficient (Wildman–Crippen LogP) is 2.83. The number of benzene rings is 1. The predicted molar refractivity (Wildman–Crippen MR) is 74.2 cm³/mol. The molecule has 0 spiro atoms. The Balaban J connectivity index is 2.12. The molecule has 1 aliphatic carbocycles. The molecular weight excluding hydrogens is 329 g/mol. The van der Waals surface area contributed by atoms with E-state index in [9.17, 15) is 9.90 Å². The Hall–Kier alpha value is -1.04. The van der Waals surface area contributed by atoms with Gasteiger partial charge in [0.2, 0.25) is 0 Å². The van der Waals surface area contributed by atoms with E-state index >= 15 is 0 Å². The number of para-hydroxylation sites is 1. The normalized spacial score (nSPS) is 29.4. The van der Waals surface area contributed by atoms with Crippen LogP contribution in [0.3, 0.4) is 0 Å². The third kappa shape index (κ3) is 1.66. The van der Waals surface area contributed by atoms with Crippen LogP contribution in [0.1, 0.15) is 17.9 Å². The van der Waals surface area contributed by atoms with Crippen molar-refractivity contribution in [2.24, 2.45) is 5.92 Å². The standard InChI is InChI=1S/C13H12INO2/c14-10-6-2-5-8-7-3-1-4-9(7)12(13(16)17)15-11(8)10/h1-3,5-7,9,12,15H,4H2,(H,16,17)/t7-,9-,12-/m1/s1. The summed E-state index contributed by atoms with van der Waals surface area (Å²) in [5.41, 5.74) is 2.22. The number of allylic oxidation sites excluding steroid dienone is 2. The maximum absolute atomic E-state index is 11.3. The van der Waals surface area contributed by atoms with Gasteiger partial charge in [0, 0.05) is 15.4 Å². The first kappa shape index (κ1) is 11.1. The molecule has 0 saturated carbocycles. The number of halogens is 1. The lowest BCUT2D eigenvalue weighted by molar-refractivity contribution is -0.139. The number of carboxylic acids is 1. The van der Waals surface area contributed by atoms with Gasteiger partial charge in [0.1, 0.15) is 6.04 Å². The molecule has 3 nitrogen and oxygen atoms in total. The van der Waals surface area contributed by atoms with Gasteiger partial charge in [-0.25, -0.2) is 4.79 Å². The van der Waals surface area contributed by atoms with Gasteiger partial charge in [0.15, 0.2) is 0 Å². The molecule has 4 heteroatoms. The molecule has 0 fully saturated rings. The molecule has 2 N–H and O–H groups in total. The minimum absolute atomic E-state index is 0.151. The van der Waals surface area contributed by atoms with Gasteiger partial charge in [-0.1, -0.05) is 24.3 Å². The summed E-state index contributed by atoms with van der Waals surface area (Å²) in [7, 11) is 0. The second-order valence-corrected chi connectivity index (χ2v) is 5.68. The number of nitrogens with one attached hydrogen (secondary N) is 1. The van der Waals surface area contributed by atoms with Crippen molar-refractivity contribution in [1.29, 1.82) is 0 Å². The van der Waals surface area contributed by atoms with Gasteiger partial charge >= 0.3 is 5.97 Å². The first-order chi connectivity index (χ1) is 8.18. The highest BCUT2D eigenvalue weighted by Gasteiger charge is 2.41. The molecule has 0 aromatic heterocycles. The minimum atomic E-state index is -0.756. The van der Waals surface area contributed by atoms with Crippen molar-refractivity contribution in [2.45, 2.75) is 18.4 Å². The van der Waals surface area contributed by atoms with E-state index in [1.807, 2.05) is 12.1 Å². The first-order valence-electron chi connectivity index (χ1n) is 5.63. The van der Waals surface area contributed by atoms with Crippen LogP contribution in [0.15, 0.2) is 30.4 Å². The monoisotopic (exact) mass is 341 g/mol. The highest BCUT2D eigenvalue weighted by atomic mass is 127. The summed E-state index contributed by atoms with van der Waals surface area (Å²) in [6, 6.07) is 5.66. The lowest BCUT2D eigenvalue weighted by atomic mass is 9.79. The number of carboxylic acid groups (broad SMARTS) is 1. The summed E-state index contributed by atoms with van der Waals surface area (Å²) in [6.07, 6.45) is 5.10. The average Bonchev–Trinajstić information content (AvgIpc) is 2.77. The summed E-state index contributed by atoms with van der Waals surface area (Å²) >= 11 is 2.25. The molecule has 1 heterocycles. The average molecular weight is 341 g/mol. The zero-order chi connectivity index (χ0) is 12.0. The number of hydrogen-bond donors (Lipinski definition) is 2. The summed E-state index contributed by atoms with van der Waals surface area (Å²) in [6.45, 7) is 0. The van der Waals surface area contributed by atoms with E-state index in [0.717, 1.165) is 15.7 Å². The highest BCUT2D eigenvalue weighted by molar-refractivity contribution is 14.1. The fourth-order valence-corrected chi connectivity index (χ4v) is 3.50. The van der Waals surface area contributed by atoms with Crippen LogP contribution >= 0.6 is 22.6 Å². The fourth-order valence-electron chi connectivity index (χ4n) is 2.83. The third-order valence-electron chi connectivity index (χ3n) is 3.61. The SMILES string of the molecule is O=C(O)[C@@H]1Nc2c(I)cccc2[C@H]2C=CC[C@H]21. The molecule has 0 saturated heterocycles. The van der Waals surface area contributed by atoms with Gasteiger partial charge in [0.05, 0.1) is 5.69 Å². The van der Waals surface area contributed by atoms with E-state index in [2.05, 4.69) is 46.1 Å². The molecule has 0 unspecified atom stereocenters. The highest BCUT2D eigenvalue weighted by Crippen LogP contribution is 2.45. The van der Waals surface area contributed by atoms with Crippen molar-refractivity contribution in [1.82, 2.24) is 0 Å². The zero-order valence-corrected chi connectivity index (χ0v) is 11.2. The zero-order valence-electron chi connectivity index (χ0n) is 9.06. The Morgan fingerprint density at radius 3 is 3.06 bits per heavy atom. The molecule has 1 aromatic rings. The van der Waals surface area contributed by atoms with Crippen molar-refractivity contribution in [3.63, 3.8) is 0 Å². The van der Waals surface area contributed by atoms with Gasteiger partial charge in [-0.15, -0.1) is 0 Å². The van der Waals surface area contributed by atoms with E-state index in [0.29, 0.717) is 0 Å². The fraction of sp³-hybridized carbons (Fsp3) is 0.308. The van der Waals surface area contributed by atoms with Crippen LogP contribution in [-0.2, 0) is 4.79 Å². The number of rotatable bonds is 1. The molecule has 88 valence electrons. The maximum atomic E-state index is 11.3. The summed E-state index contributed by atoms with van der Waals surface area (Å²) in [4.78, 5) is 11.3. The molecule has 0 amide bonds. The molecule has 2 aliphatic rings. The number of fused-ring (bicyclic) bond motifs is 3. The number of carbonyl (C=O) groups is 1. The molecule has 3 atom stereocenters. The van der Waals surface area contributed by atoms with E-state index < -0.39 is 12.0 Å². The molecule has 1 aromatic carbocycles. The van der Waals surface area contributed by atoms with Gasteiger partial charge in [0.25, 0.3) is 0 Å². The van der Waals surface area contributed by atoms with Crippen LogP contribution in [0.4, 0.5) is 5.69 Å². The second-order valence-electron chi connectivity index (χ2n) is 4.52. The van der Waals surface area contributed by atoms with Gasteiger partial charge < -0.3 is 10.4 Å². The van der Waals surface area contributed by atoms with Crippen LogP contribution < -0.4 is 5.32 Å². The Morgan fingerprint density at radius 2 is 2.29 bits per heavy atom. The largest absolute Gasteiger partial charge is 0.480 e. The lowest BCUT2D eigenvalue weighted by Gasteiger charge is -2.35. The Bertz CT molecular complexity index is 512. The molecule has 1 aliphatic heterocycles. The summed E-state index contributed by atoms with van der Waals surface area (Å²) in [5, 5.41) is 12.5. The third-order valence-corrected chi connectivity index (χ3v) is 4.51. The first-order valence-corrected chi connectivity index (χ1v) is 6.71. The van der Waals surface area contributed by atoms with Crippen molar-refractivity contribution < 1.29 is 9.90 Å². The smallest absolute Gasteiger partial charge is 0.326 e. The van der Waals surface area contributed by atoms with Crippen LogP contribution in [0, 0.1) is 9.49 Å². The second kappa shape index (κ2) is 4.01. The van der Waals surface area contributed by atoms with E-state index in [1.165, 1.54) is 5.56 Å². The molecule has 17 heavy (non-hydrogen) atoms. The Morgan fingerprint density at radius 1 is 1.47 bits per heavy atom. The van der Waals surface area contributed by atoms with Crippen LogP contribution in [0.5, 0.6) is 0 Å². The molecular formula is C13H12INO2. The summed E-state index contributed by atoms with van der Waals surface area (Å²) in [5.74, 6) is -0.353. The Labute approximate surface area is 113 Å². The number of anilines is 1. The van der Waals surface area contributed by atoms with Gasteiger partial charge in [-0.2, -0.15) is 0 Å². The van der Waals surface area contributed by atoms with Crippen molar-refractivity contribution in [3.05, 3.63) is 39.5 Å². The van der Waals surface area contributed by atoms with Crippen LogP contribution in [0.2, 0.25) is 0 Å². The molecule has 3 rings (SSSR count). The van der Waals surface area contributed by atoms with Crippen LogP contribution in [0.25, 0.3) is 0 Å². The quantitative estimate of drug-likeness (QED) is 0.610. The van der Waals surface area contributed by atoms with Crippen LogP contribution in [-0.4, -0.2) is 17.1 Å². The van der Waals surface area contributed by atoms with E-state index in [1.54, 1.807) is 0 Å².